The summed E-state index contributed by atoms with van der Waals surface area (Å²) < 4.78 is 26.3. The molecule has 0 heterocycles. The number of hydrogen-bond acceptors (Lipinski definition) is 2. The van der Waals surface area contributed by atoms with Gasteiger partial charge in [0.05, 0.1) is 10.1 Å². The Labute approximate surface area is 149 Å². The first-order valence-electron chi connectivity index (χ1n) is 8.63. The Bertz CT molecular complexity index is 941. The fraction of sp³-hybridized carbons (Fsp3) is 0.273. The minimum Gasteiger partial charge on any atom is -0.223 e. The van der Waals surface area contributed by atoms with Crippen LogP contribution in [0.25, 0.3) is 0 Å². The summed E-state index contributed by atoms with van der Waals surface area (Å²) >= 11 is 0. The number of hydrogen-bond donors (Lipinski definition) is 0. The van der Waals surface area contributed by atoms with Crippen LogP contribution in [0.15, 0.2) is 84.3 Å². The zero-order valence-electron chi connectivity index (χ0n) is 14.4. The Morgan fingerprint density at radius 3 is 2.40 bits per heavy atom. The van der Waals surface area contributed by atoms with E-state index in [0.717, 1.165) is 12.0 Å². The molecule has 2 aromatic carbocycles. The van der Waals surface area contributed by atoms with Gasteiger partial charge in [0.25, 0.3) is 0 Å². The van der Waals surface area contributed by atoms with Gasteiger partial charge >= 0.3 is 0 Å². The maximum absolute atomic E-state index is 13.2. The second-order valence-electron chi connectivity index (χ2n) is 7.33. The van der Waals surface area contributed by atoms with Crippen LogP contribution >= 0.6 is 0 Å². The van der Waals surface area contributed by atoms with Gasteiger partial charge in [-0.3, -0.25) is 0 Å². The maximum atomic E-state index is 13.2. The second kappa shape index (κ2) is 5.43. The Hall–Kier alpha value is -2.13. The minimum atomic E-state index is -3.39. The number of allylic oxidation sites excluding steroid dienone is 2. The lowest BCUT2D eigenvalue weighted by Gasteiger charge is -2.30. The average molecular weight is 350 g/mol. The molecule has 2 aliphatic rings. The summed E-state index contributed by atoms with van der Waals surface area (Å²) in [5, 5.41) is -0.494. The Kier molecular flexibility index (Phi) is 3.55. The first-order chi connectivity index (χ1) is 11.9. The van der Waals surface area contributed by atoms with Crippen molar-refractivity contribution in [2.75, 3.05) is 0 Å². The molecule has 3 heteroatoms. The van der Waals surface area contributed by atoms with Crippen LogP contribution in [0, 0.1) is 12.3 Å². The van der Waals surface area contributed by atoms with E-state index >= 15 is 0 Å². The summed E-state index contributed by atoms with van der Waals surface area (Å²) in [6.45, 7) is 5.98. The lowest BCUT2D eigenvalue weighted by atomic mass is 9.79. The highest BCUT2D eigenvalue weighted by Crippen LogP contribution is 2.70. The first kappa shape index (κ1) is 16.3. The van der Waals surface area contributed by atoms with Crippen LogP contribution in [0.3, 0.4) is 0 Å². The smallest absolute Gasteiger partial charge is 0.184 e. The highest BCUT2D eigenvalue weighted by molar-refractivity contribution is 7.92. The predicted octanol–water partition coefficient (Wildman–Crippen LogP) is 4.61. The van der Waals surface area contributed by atoms with Gasteiger partial charge in [-0.1, -0.05) is 66.3 Å². The molecule has 0 saturated heterocycles. The quantitative estimate of drug-likeness (QED) is 0.755. The average Bonchev–Trinajstić information content (AvgIpc) is 3.33. The number of aryl methyl sites for hydroxylation is 1. The fourth-order valence-electron chi connectivity index (χ4n) is 4.32. The van der Waals surface area contributed by atoms with E-state index in [1.807, 2.05) is 49.4 Å². The third-order valence-electron chi connectivity index (χ3n) is 5.96. The van der Waals surface area contributed by atoms with E-state index in [-0.39, 0.29) is 10.8 Å². The predicted molar refractivity (Wildman–Crippen MR) is 101 cm³/mol. The molecule has 0 spiro atoms. The Balaban J connectivity index is 1.75. The molecule has 1 fully saturated rings. The van der Waals surface area contributed by atoms with Crippen molar-refractivity contribution >= 4 is 9.84 Å². The van der Waals surface area contributed by atoms with Gasteiger partial charge in [-0.2, -0.15) is 0 Å². The molecular weight excluding hydrogens is 328 g/mol. The zero-order valence-corrected chi connectivity index (χ0v) is 15.2. The van der Waals surface area contributed by atoms with Crippen molar-refractivity contribution in [1.29, 1.82) is 0 Å². The normalized spacial score (nSPS) is 30.5. The van der Waals surface area contributed by atoms with Crippen molar-refractivity contribution in [2.45, 2.75) is 35.3 Å². The highest BCUT2D eigenvalue weighted by atomic mass is 32.2. The molecule has 0 N–H and O–H groups in total. The van der Waals surface area contributed by atoms with Gasteiger partial charge in [-0.15, -0.1) is 6.58 Å². The molecule has 2 aromatic rings. The Morgan fingerprint density at radius 1 is 1.08 bits per heavy atom. The monoisotopic (exact) mass is 350 g/mol. The van der Waals surface area contributed by atoms with Gasteiger partial charge in [-0.05, 0) is 37.5 Å². The van der Waals surface area contributed by atoms with Crippen molar-refractivity contribution < 1.29 is 8.42 Å². The van der Waals surface area contributed by atoms with Crippen molar-refractivity contribution in [3.05, 3.63) is 90.5 Å². The lowest BCUT2D eigenvalue weighted by Crippen LogP contribution is -2.31. The van der Waals surface area contributed by atoms with E-state index in [9.17, 15) is 8.42 Å². The van der Waals surface area contributed by atoms with Crippen LogP contribution in [0.2, 0.25) is 0 Å². The molecule has 0 bridgehead atoms. The molecule has 4 rings (SSSR count). The molecular formula is C22H22O2S. The van der Waals surface area contributed by atoms with E-state index in [1.165, 1.54) is 5.56 Å². The summed E-state index contributed by atoms with van der Waals surface area (Å²) in [6.07, 6.45) is 7.49. The van der Waals surface area contributed by atoms with E-state index in [1.54, 1.807) is 12.1 Å². The molecule has 2 unspecified atom stereocenters. The van der Waals surface area contributed by atoms with Gasteiger partial charge < -0.3 is 0 Å². The van der Waals surface area contributed by atoms with Crippen molar-refractivity contribution in [2.24, 2.45) is 5.41 Å². The van der Waals surface area contributed by atoms with Crippen LogP contribution in [0.1, 0.15) is 24.0 Å². The van der Waals surface area contributed by atoms with Crippen molar-refractivity contribution in [3.8, 4) is 0 Å². The molecule has 25 heavy (non-hydrogen) atoms. The van der Waals surface area contributed by atoms with Gasteiger partial charge in [-0.25, -0.2) is 8.42 Å². The molecule has 3 atom stereocenters. The van der Waals surface area contributed by atoms with Gasteiger partial charge in [0.15, 0.2) is 9.84 Å². The third-order valence-corrected chi connectivity index (χ3v) is 8.01. The summed E-state index contributed by atoms with van der Waals surface area (Å²) in [4.78, 5) is 0.405. The number of benzene rings is 2. The topological polar surface area (TPSA) is 34.1 Å². The first-order valence-corrected chi connectivity index (χ1v) is 10.2. The van der Waals surface area contributed by atoms with Gasteiger partial charge in [0.1, 0.15) is 0 Å². The summed E-state index contributed by atoms with van der Waals surface area (Å²) in [7, 11) is -3.39. The van der Waals surface area contributed by atoms with Crippen molar-refractivity contribution in [1.82, 2.24) is 0 Å². The van der Waals surface area contributed by atoms with Crippen LogP contribution in [-0.2, 0) is 15.3 Å². The van der Waals surface area contributed by atoms with Crippen molar-refractivity contribution in [3.63, 3.8) is 0 Å². The third kappa shape index (κ3) is 2.33. The van der Waals surface area contributed by atoms with E-state index in [2.05, 4.69) is 24.8 Å². The van der Waals surface area contributed by atoms with E-state index in [0.29, 0.717) is 11.3 Å². The molecule has 1 saturated carbocycles. The van der Waals surface area contributed by atoms with Crippen LogP contribution < -0.4 is 0 Å². The van der Waals surface area contributed by atoms with Gasteiger partial charge in [0, 0.05) is 10.8 Å². The molecule has 0 aromatic heterocycles. The van der Waals surface area contributed by atoms with Crippen LogP contribution in [0.4, 0.5) is 0 Å². The molecule has 0 amide bonds. The molecule has 128 valence electrons. The highest BCUT2D eigenvalue weighted by Gasteiger charge is 2.67. The summed E-state index contributed by atoms with van der Waals surface area (Å²) in [6, 6.07) is 17.4. The molecule has 2 aliphatic carbocycles. The maximum Gasteiger partial charge on any atom is 0.184 e. The number of rotatable bonds is 4. The van der Waals surface area contributed by atoms with E-state index in [4.69, 9.17) is 0 Å². The van der Waals surface area contributed by atoms with Crippen LogP contribution in [0.5, 0.6) is 0 Å². The molecule has 0 radical (unpaired) electrons. The Morgan fingerprint density at radius 2 is 1.76 bits per heavy atom. The second-order valence-corrected chi connectivity index (χ2v) is 9.50. The summed E-state index contributed by atoms with van der Waals surface area (Å²) in [5.74, 6) is 0. The largest absolute Gasteiger partial charge is 0.223 e. The number of sulfone groups is 1. The summed E-state index contributed by atoms with van der Waals surface area (Å²) in [5.41, 5.74) is 2.02. The molecule has 2 nitrogen and oxygen atoms in total. The standard InChI is InChI=1S/C22H22O2S/c1-3-21-14-13-20(25(23,24)19-11-9-17(2)10-12-19)15-22(21,16-21)18-7-5-4-6-8-18/h3-14,20H,1,15-16H2,2H3/t20?,21?,22-/m1/s1. The number of fused-ring (bicyclic) bond motifs is 1. The fourth-order valence-corrected chi connectivity index (χ4v) is 5.98. The van der Waals surface area contributed by atoms with Crippen LogP contribution in [-0.4, -0.2) is 13.7 Å². The van der Waals surface area contributed by atoms with Gasteiger partial charge in [0.2, 0.25) is 0 Å². The lowest BCUT2D eigenvalue weighted by molar-refractivity contribution is 0.507. The minimum absolute atomic E-state index is 0.104. The molecule has 0 aliphatic heterocycles. The van der Waals surface area contributed by atoms with E-state index < -0.39 is 15.1 Å². The SMILES string of the molecule is C=CC12C=CC(S(=O)(=O)c3ccc(C)cc3)C[C@]1(c1ccccc1)C2. The zero-order chi connectivity index (χ0) is 17.7.